The molecule has 3 atom stereocenters. The molecule has 2 aromatic carbocycles. The monoisotopic (exact) mass is 571 g/mol. The van der Waals surface area contributed by atoms with Crippen molar-refractivity contribution in [2.75, 3.05) is 14.2 Å². The van der Waals surface area contributed by atoms with Crippen molar-refractivity contribution in [2.24, 2.45) is 5.92 Å². The van der Waals surface area contributed by atoms with Crippen molar-refractivity contribution in [1.82, 2.24) is 0 Å². The first-order valence-corrected chi connectivity index (χ1v) is 15.5. The molecule has 0 amide bonds. The van der Waals surface area contributed by atoms with Gasteiger partial charge in [0.05, 0.1) is 33.0 Å². The molecule has 0 bridgehead atoms. The van der Waals surface area contributed by atoms with E-state index in [9.17, 15) is 10.1 Å². The SMILES string of the molecule is CCCCCC(OCc1ccc(OC)cc1)c1ccc([C@H]2C(C#N)=CC[C@@H]2CCCc2ccc(C(=O)OC)s2)cc1. The van der Waals surface area contributed by atoms with E-state index in [4.69, 9.17) is 14.2 Å². The number of thiophene rings is 1. The highest BCUT2D eigenvalue weighted by atomic mass is 32.1. The normalized spacial score (nSPS) is 17.1. The molecule has 0 spiro atoms. The Labute approximate surface area is 248 Å². The summed E-state index contributed by atoms with van der Waals surface area (Å²) in [5.41, 5.74) is 4.40. The molecule has 5 nitrogen and oxygen atoms in total. The van der Waals surface area contributed by atoms with Crippen LogP contribution in [0.3, 0.4) is 0 Å². The molecule has 6 heteroatoms. The number of carbonyl (C=O) groups is 1. The number of hydrogen-bond acceptors (Lipinski definition) is 6. The first kappa shape index (κ1) is 30.6. The third-order valence-corrected chi connectivity index (χ3v) is 9.09. The summed E-state index contributed by atoms with van der Waals surface area (Å²) in [5, 5.41) is 9.88. The molecule has 0 aliphatic heterocycles. The summed E-state index contributed by atoms with van der Waals surface area (Å²) >= 11 is 1.51. The number of esters is 1. The summed E-state index contributed by atoms with van der Waals surface area (Å²) in [4.78, 5) is 13.6. The standard InChI is InChI=1S/C35H41NO4S/c1-4-5-6-10-32(40-24-25-11-19-30(38-2)20-12-25)26-13-15-28(16-14-26)34-27(17-18-29(34)23-36)8-7-9-31-21-22-33(41-31)35(37)39-3/h11-16,18-22,27,32,34H,4-10,17,24H2,1-3H3/t27-,32?,34-/m0/s1. The summed E-state index contributed by atoms with van der Waals surface area (Å²) in [7, 11) is 3.09. The lowest BCUT2D eigenvalue weighted by atomic mass is 9.81. The quantitative estimate of drug-likeness (QED) is 0.135. The van der Waals surface area contributed by atoms with Gasteiger partial charge in [-0.25, -0.2) is 4.79 Å². The zero-order valence-corrected chi connectivity index (χ0v) is 25.3. The summed E-state index contributed by atoms with van der Waals surface area (Å²) in [5.74, 6) is 1.10. The van der Waals surface area contributed by atoms with Crippen molar-refractivity contribution in [3.63, 3.8) is 0 Å². The molecule has 1 aliphatic rings. The van der Waals surface area contributed by atoms with Crippen LogP contribution in [0, 0.1) is 17.2 Å². The Morgan fingerprint density at radius 2 is 1.80 bits per heavy atom. The molecular weight excluding hydrogens is 530 g/mol. The second-order valence-corrected chi connectivity index (χ2v) is 11.9. The van der Waals surface area contributed by atoms with E-state index in [-0.39, 0.29) is 18.0 Å². The topological polar surface area (TPSA) is 68.5 Å². The minimum Gasteiger partial charge on any atom is -0.497 e. The molecule has 216 valence electrons. The van der Waals surface area contributed by atoms with Crippen LogP contribution in [0.4, 0.5) is 0 Å². The van der Waals surface area contributed by atoms with Crippen LogP contribution < -0.4 is 4.74 Å². The van der Waals surface area contributed by atoms with Gasteiger partial charge < -0.3 is 14.2 Å². The van der Waals surface area contributed by atoms with E-state index in [1.807, 2.05) is 24.3 Å². The second-order valence-electron chi connectivity index (χ2n) is 10.7. The number of nitriles is 1. The van der Waals surface area contributed by atoms with Crippen molar-refractivity contribution in [3.05, 3.63) is 98.8 Å². The molecular formula is C35H41NO4S. The molecule has 4 rings (SSSR count). The van der Waals surface area contributed by atoms with Gasteiger partial charge in [0.2, 0.25) is 0 Å². The molecule has 1 aromatic heterocycles. The third kappa shape index (κ3) is 8.31. The van der Waals surface area contributed by atoms with Crippen LogP contribution in [0.15, 0.2) is 72.3 Å². The van der Waals surface area contributed by atoms with Crippen molar-refractivity contribution in [3.8, 4) is 11.8 Å². The highest BCUT2D eigenvalue weighted by Crippen LogP contribution is 2.43. The Bertz CT molecular complexity index is 1320. The maximum Gasteiger partial charge on any atom is 0.348 e. The maximum atomic E-state index is 11.8. The van der Waals surface area contributed by atoms with Gasteiger partial charge in [-0.2, -0.15) is 5.26 Å². The Morgan fingerprint density at radius 3 is 2.49 bits per heavy atom. The number of rotatable bonds is 15. The molecule has 0 saturated carbocycles. The second kappa shape index (κ2) is 15.6. The van der Waals surface area contributed by atoms with E-state index in [0.717, 1.165) is 55.4 Å². The number of nitrogens with zero attached hydrogens (tertiary/aromatic N) is 1. The molecule has 0 N–H and O–H groups in total. The Balaban J connectivity index is 1.40. The van der Waals surface area contributed by atoms with Crippen LogP contribution in [0.2, 0.25) is 0 Å². The molecule has 0 fully saturated rings. The van der Waals surface area contributed by atoms with E-state index in [2.05, 4.69) is 55.5 Å². The van der Waals surface area contributed by atoms with Gasteiger partial charge in [-0.05, 0) is 79.0 Å². The number of methoxy groups -OCH3 is 2. The number of hydrogen-bond donors (Lipinski definition) is 0. The fraction of sp³-hybridized carbons (Fsp3) is 0.429. The largest absolute Gasteiger partial charge is 0.497 e. The molecule has 3 aromatic rings. The zero-order valence-electron chi connectivity index (χ0n) is 24.4. The van der Waals surface area contributed by atoms with Crippen LogP contribution in [0.25, 0.3) is 0 Å². The van der Waals surface area contributed by atoms with Crippen LogP contribution in [-0.2, 0) is 22.5 Å². The average Bonchev–Trinajstić information content (AvgIpc) is 3.66. The van der Waals surface area contributed by atoms with Crippen LogP contribution >= 0.6 is 11.3 Å². The summed E-state index contributed by atoms with van der Waals surface area (Å²) in [6, 6.07) is 23.2. The van der Waals surface area contributed by atoms with Gasteiger partial charge >= 0.3 is 5.97 Å². The number of ether oxygens (including phenoxy) is 3. The molecule has 41 heavy (non-hydrogen) atoms. The predicted molar refractivity (Wildman–Crippen MR) is 164 cm³/mol. The van der Waals surface area contributed by atoms with Gasteiger partial charge in [-0.1, -0.05) is 68.7 Å². The van der Waals surface area contributed by atoms with E-state index < -0.39 is 0 Å². The number of aryl methyl sites for hydroxylation is 1. The Kier molecular flexibility index (Phi) is 11.6. The number of carbonyl (C=O) groups excluding carboxylic acids is 1. The number of allylic oxidation sites excluding steroid dienone is 2. The van der Waals surface area contributed by atoms with Crippen LogP contribution in [0.1, 0.15) is 95.1 Å². The first-order chi connectivity index (χ1) is 20.1. The minimum absolute atomic E-state index is 0.0312. The summed E-state index contributed by atoms with van der Waals surface area (Å²) in [6.07, 6.45) is 10.5. The maximum absolute atomic E-state index is 11.8. The van der Waals surface area contributed by atoms with Gasteiger partial charge in [0.25, 0.3) is 0 Å². The van der Waals surface area contributed by atoms with Crippen molar-refractivity contribution < 1.29 is 19.0 Å². The highest BCUT2D eigenvalue weighted by Gasteiger charge is 2.31. The molecule has 0 radical (unpaired) electrons. The van der Waals surface area contributed by atoms with E-state index in [0.29, 0.717) is 17.4 Å². The first-order valence-electron chi connectivity index (χ1n) is 14.7. The van der Waals surface area contributed by atoms with Gasteiger partial charge in [0.15, 0.2) is 0 Å². The molecule has 0 saturated heterocycles. The fourth-order valence-corrected chi connectivity index (χ4v) is 6.64. The predicted octanol–water partition coefficient (Wildman–Crippen LogP) is 8.96. The summed E-state index contributed by atoms with van der Waals surface area (Å²) < 4.78 is 16.6. The van der Waals surface area contributed by atoms with Crippen LogP contribution in [0.5, 0.6) is 5.75 Å². The van der Waals surface area contributed by atoms with E-state index >= 15 is 0 Å². The lowest BCUT2D eigenvalue weighted by Crippen LogP contribution is -2.11. The van der Waals surface area contributed by atoms with Crippen LogP contribution in [-0.4, -0.2) is 20.2 Å². The third-order valence-electron chi connectivity index (χ3n) is 7.97. The Morgan fingerprint density at radius 1 is 1.02 bits per heavy atom. The molecule has 1 unspecified atom stereocenters. The van der Waals surface area contributed by atoms with Gasteiger partial charge in [0, 0.05) is 16.4 Å². The van der Waals surface area contributed by atoms with Crippen molar-refractivity contribution in [2.45, 2.75) is 76.9 Å². The highest BCUT2D eigenvalue weighted by molar-refractivity contribution is 7.13. The Hall–Kier alpha value is -3.40. The van der Waals surface area contributed by atoms with Gasteiger partial charge in [0.1, 0.15) is 10.6 Å². The summed E-state index contributed by atoms with van der Waals surface area (Å²) in [6.45, 7) is 2.78. The molecule has 1 aliphatic carbocycles. The number of unbranched alkanes of at least 4 members (excludes halogenated alkanes) is 2. The number of benzene rings is 2. The zero-order chi connectivity index (χ0) is 29.0. The molecule has 1 heterocycles. The van der Waals surface area contributed by atoms with Gasteiger partial charge in [-0.3, -0.25) is 0 Å². The van der Waals surface area contributed by atoms with E-state index in [1.54, 1.807) is 7.11 Å². The van der Waals surface area contributed by atoms with E-state index in [1.165, 1.54) is 47.3 Å². The van der Waals surface area contributed by atoms with Gasteiger partial charge in [-0.15, -0.1) is 11.3 Å². The lowest BCUT2D eigenvalue weighted by Gasteiger charge is -2.23. The van der Waals surface area contributed by atoms with Crippen molar-refractivity contribution in [1.29, 1.82) is 5.26 Å². The van der Waals surface area contributed by atoms with Crippen molar-refractivity contribution >= 4 is 17.3 Å². The fourth-order valence-electron chi connectivity index (χ4n) is 5.67. The smallest absolute Gasteiger partial charge is 0.348 e. The minimum atomic E-state index is -0.276. The lowest BCUT2D eigenvalue weighted by molar-refractivity contribution is 0.0321. The average molecular weight is 572 g/mol.